The third-order valence-electron chi connectivity index (χ3n) is 3.11. The van der Waals surface area contributed by atoms with Gasteiger partial charge in [-0.25, -0.2) is 4.39 Å². The average molecular weight is 318 g/mol. The summed E-state index contributed by atoms with van der Waals surface area (Å²) in [6, 6.07) is 7.76. The molecule has 0 saturated carbocycles. The van der Waals surface area contributed by atoms with E-state index in [9.17, 15) is 17.6 Å². The molecule has 6 heteroatoms. The first-order valence-corrected chi connectivity index (χ1v) is 6.51. The van der Waals surface area contributed by atoms with Crippen molar-refractivity contribution in [3.05, 3.63) is 63.9 Å². The lowest BCUT2D eigenvalue weighted by atomic mass is 10.1. The van der Waals surface area contributed by atoms with E-state index in [1.54, 1.807) is 25.1 Å². The summed E-state index contributed by atoms with van der Waals surface area (Å²) < 4.78 is 51.7. The van der Waals surface area contributed by atoms with Crippen LogP contribution in [0.3, 0.4) is 0 Å². The summed E-state index contributed by atoms with van der Waals surface area (Å²) in [7, 11) is 0. The van der Waals surface area contributed by atoms with Gasteiger partial charge in [-0.15, -0.1) is 0 Å². The molecule has 0 aliphatic heterocycles. The molecule has 2 aromatic rings. The summed E-state index contributed by atoms with van der Waals surface area (Å²) in [5, 5.41) is 3.42. The molecule has 0 unspecified atom stereocenters. The van der Waals surface area contributed by atoms with Crippen LogP contribution in [0.4, 0.5) is 23.2 Å². The van der Waals surface area contributed by atoms with Gasteiger partial charge in [0.15, 0.2) is 0 Å². The van der Waals surface area contributed by atoms with Gasteiger partial charge in [0.1, 0.15) is 5.82 Å². The molecule has 2 aromatic carbocycles. The third-order valence-corrected chi connectivity index (χ3v) is 3.52. The summed E-state index contributed by atoms with van der Waals surface area (Å²) in [5.41, 5.74) is 0.382. The Balaban J connectivity index is 2.26. The molecule has 0 atom stereocenters. The van der Waals surface area contributed by atoms with Crippen LogP contribution in [0.15, 0.2) is 36.4 Å². The van der Waals surface area contributed by atoms with Crippen molar-refractivity contribution in [1.82, 2.24) is 0 Å². The van der Waals surface area contributed by atoms with Crippen LogP contribution >= 0.6 is 11.6 Å². The zero-order valence-electron chi connectivity index (χ0n) is 11.1. The lowest BCUT2D eigenvalue weighted by molar-refractivity contribution is -0.138. The molecule has 0 radical (unpaired) electrons. The zero-order chi connectivity index (χ0) is 15.6. The fourth-order valence-corrected chi connectivity index (χ4v) is 2.13. The molecular formula is C15H12ClF4N. The Morgan fingerprint density at radius 1 is 1.14 bits per heavy atom. The Kier molecular flexibility index (Phi) is 4.42. The summed E-state index contributed by atoms with van der Waals surface area (Å²) in [4.78, 5) is 0. The lowest BCUT2D eigenvalue weighted by Crippen LogP contribution is -2.12. The van der Waals surface area contributed by atoms with Crippen LogP contribution in [0.2, 0.25) is 5.02 Å². The van der Waals surface area contributed by atoms with Crippen molar-refractivity contribution in [2.24, 2.45) is 0 Å². The van der Waals surface area contributed by atoms with Gasteiger partial charge in [-0.2, -0.15) is 13.2 Å². The SMILES string of the molecule is Cc1c(Cl)cccc1NCc1ccc(F)cc1C(F)(F)F. The van der Waals surface area contributed by atoms with Crippen molar-refractivity contribution >= 4 is 17.3 Å². The number of nitrogens with one attached hydrogen (secondary N) is 1. The quantitative estimate of drug-likeness (QED) is 0.745. The molecule has 2 rings (SSSR count). The minimum atomic E-state index is -4.59. The third kappa shape index (κ3) is 3.67. The van der Waals surface area contributed by atoms with Crippen molar-refractivity contribution in [3.63, 3.8) is 0 Å². The first kappa shape index (κ1) is 15.6. The van der Waals surface area contributed by atoms with E-state index in [0.717, 1.165) is 17.7 Å². The standard InChI is InChI=1S/C15H12ClF4N/c1-9-13(16)3-2-4-14(9)21-8-10-5-6-11(17)7-12(10)15(18,19)20/h2-7,21H,8H2,1H3. The van der Waals surface area contributed by atoms with Crippen LogP contribution in [-0.4, -0.2) is 0 Å². The fraction of sp³-hybridized carbons (Fsp3) is 0.200. The highest BCUT2D eigenvalue weighted by molar-refractivity contribution is 6.31. The van der Waals surface area contributed by atoms with Gasteiger partial charge in [-0.1, -0.05) is 23.7 Å². The second kappa shape index (κ2) is 5.93. The molecule has 0 aliphatic rings. The molecule has 0 fully saturated rings. The van der Waals surface area contributed by atoms with Crippen LogP contribution in [0, 0.1) is 12.7 Å². The minimum absolute atomic E-state index is 0.0247. The minimum Gasteiger partial charge on any atom is -0.381 e. The molecule has 1 N–H and O–H groups in total. The summed E-state index contributed by atoms with van der Waals surface area (Å²) in [5.74, 6) is -0.912. The number of hydrogen-bond donors (Lipinski definition) is 1. The normalized spacial score (nSPS) is 11.5. The van der Waals surface area contributed by atoms with Crippen LogP contribution in [0.5, 0.6) is 0 Å². The number of halogens is 5. The zero-order valence-corrected chi connectivity index (χ0v) is 11.8. The summed E-state index contributed by atoms with van der Waals surface area (Å²) in [6.07, 6.45) is -4.59. The van der Waals surface area contributed by atoms with E-state index in [2.05, 4.69) is 5.32 Å². The molecule has 1 nitrogen and oxygen atoms in total. The van der Waals surface area contributed by atoms with Crippen molar-refractivity contribution in [2.75, 3.05) is 5.32 Å². The Bertz CT molecular complexity index is 653. The van der Waals surface area contributed by atoms with Crippen molar-refractivity contribution in [1.29, 1.82) is 0 Å². The van der Waals surface area contributed by atoms with Crippen LogP contribution < -0.4 is 5.32 Å². The van der Waals surface area contributed by atoms with Crippen LogP contribution in [0.25, 0.3) is 0 Å². The van der Waals surface area contributed by atoms with Crippen molar-refractivity contribution in [3.8, 4) is 0 Å². The maximum absolute atomic E-state index is 13.0. The van der Waals surface area contributed by atoms with E-state index >= 15 is 0 Å². The molecule has 0 bridgehead atoms. The molecular weight excluding hydrogens is 306 g/mol. The topological polar surface area (TPSA) is 12.0 Å². The maximum atomic E-state index is 13.0. The Labute approximate surface area is 124 Å². The number of hydrogen-bond acceptors (Lipinski definition) is 1. The molecule has 0 saturated heterocycles. The maximum Gasteiger partial charge on any atom is 0.416 e. The van der Waals surface area contributed by atoms with E-state index in [1.807, 2.05) is 0 Å². The van der Waals surface area contributed by atoms with E-state index in [1.165, 1.54) is 0 Å². The molecule has 21 heavy (non-hydrogen) atoms. The van der Waals surface area contributed by atoms with Gasteiger partial charge in [0.05, 0.1) is 5.56 Å². The summed E-state index contributed by atoms with van der Waals surface area (Å²) >= 11 is 5.95. The predicted octanol–water partition coefficient (Wildman–Crippen LogP) is 5.42. The van der Waals surface area contributed by atoms with Crippen LogP contribution in [0.1, 0.15) is 16.7 Å². The van der Waals surface area contributed by atoms with Crippen molar-refractivity contribution < 1.29 is 17.6 Å². The van der Waals surface area contributed by atoms with Gasteiger partial charge in [-0.05, 0) is 42.3 Å². The van der Waals surface area contributed by atoms with Gasteiger partial charge >= 0.3 is 6.18 Å². The number of rotatable bonds is 3. The van der Waals surface area contributed by atoms with E-state index in [0.29, 0.717) is 16.8 Å². The fourth-order valence-electron chi connectivity index (χ4n) is 1.96. The van der Waals surface area contributed by atoms with E-state index in [-0.39, 0.29) is 12.1 Å². The average Bonchev–Trinajstić information content (AvgIpc) is 2.40. The monoisotopic (exact) mass is 317 g/mol. The Morgan fingerprint density at radius 2 is 1.86 bits per heavy atom. The predicted molar refractivity (Wildman–Crippen MR) is 74.9 cm³/mol. The highest BCUT2D eigenvalue weighted by Gasteiger charge is 2.33. The molecule has 0 amide bonds. The molecule has 0 spiro atoms. The number of alkyl halides is 3. The lowest BCUT2D eigenvalue weighted by Gasteiger charge is -2.15. The highest BCUT2D eigenvalue weighted by Crippen LogP contribution is 2.33. The largest absolute Gasteiger partial charge is 0.416 e. The van der Waals surface area contributed by atoms with Gasteiger partial charge in [0.2, 0.25) is 0 Å². The van der Waals surface area contributed by atoms with Gasteiger partial charge in [0.25, 0.3) is 0 Å². The number of benzene rings is 2. The smallest absolute Gasteiger partial charge is 0.381 e. The molecule has 0 aliphatic carbocycles. The van der Waals surface area contributed by atoms with Gasteiger partial charge < -0.3 is 5.32 Å². The van der Waals surface area contributed by atoms with E-state index in [4.69, 9.17) is 11.6 Å². The molecule has 0 aromatic heterocycles. The Morgan fingerprint density at radius 3 is 2.52 bits per heavy atom. The molecule has 0 heterocycles. The molecule has 112 valence electrons. The Hall–Kier alpha value is -1.75. The summed E-state index contributed by atoms with van der Waals surface area (Å²) in [6.45, 7) is 1.69. The highest BCUT2D eigenvalue weighted by atomic mass is 35.5. The van der Waals surface area contributed by atoms with Gasteiger partial charge in [-0.3, -0.25) is 0 Å². The van der Waals surface area contributed by atoms with Crippen molar-refractivity contribution in [2.45, 2.75) is 19.6 Å². The first-order chi connectivity index (χ1) is 9.79. The second-order valence-corrected chi connectivity index (χ2v) is 4.97. The number of anilines is 1. The van der Waals surface area contributed by atoms with E-state index < -0.39 is 17.6 Å². The first-order valence-electron chi connectivity index (χ1n) is 6.13. The van der Waals surface area contributed by atoms with Crippen LogP contribution in [-0.2, 0) is 12.7 Å². The van der Waals surface area contributed by atoms with Gasteiger partial charge in [0, 0.05) is 17.3 Å². The second-order valence-electron chi connectivity index (χ2n) is 4.57.